The van der Waals surface area contributed by atoms with Crippen LogP contribution in [0.1, 0.15) is 22.7 Å². The number of ether oxygens (including phenoxy) is 2. The van der Waals surface area contributed by atoms with Crippen LogP contribution in [0.25, 0.3) is 11.1 Å². The van der Waals surface area contributed by atoms with E-state index < -0.39 is 6.10 Å². The molecule has 2 aliphatic rings. The highest BCUT2D eigenvalue weighted by Crippen LogP contribution is 2.37. The Morgan fingerprint density at radius 1 is 0.923 bits per heavy atom. The van der Waals surface area contributed by atoms with Crippen molar-refractivity contribution in [1.82, 2.24) is 4.90 Å². The summed E-state index contributed by atoms with van der Waals surface area (Å²) in [5, 5.41) is 14.2. The number of aliphatic hydroxyl groups excluding tert-OH is 1. The number of fused-ring (bicyclic) bond motifs is 2. The Morgan fingerprint density at radius 2 is 1.74 bits per heavy atom. The maximum Gasteiger partial charge on any atom is 0.120 e. The van der Waals surface area contributed by atoms with Gasteiger partial charge in [-0.1, -0.05) is 42.5 Å². The highest BCUT2D eigenvalue weighted by atomic mass is 16.5. The Bertz CT molecular complexity index is 1470. The molecule has 0 radical (unpaired) electrons. The second-order valence-corrected chi connectivity index (χ2v) is 10.1. The van der Waals surface area contributed by atoms with E-state index in [1.165, 1.54) is 11.1 Å². The average Bonchev–Trinajstić information content (AvgIpc) is 3.38. The minimum atomic E-state index is -0.555. The molecule has 2 atom stereocenters. The number of rotatable bonds is 9. The van der Waals surface area contributed by atoms with Crippen molar-refractivity contribution in [2.24, 2.45) is 4.99 Å². The predicted molar refractivity (Wildman–Crippen MR) is 156 cm³/mol. The molecule has 0 aromatic heterocycles. The summed E-state index contributed by atoms with van der Waals surface area (Å²) in [6.07, 6.45) is 2.41. The Balaban J connectivity index is 1.08. The maximum absolute atomic E-state index is 10.7. The summed E-state index contributed by atoms with van der Waals surface area (Å²) in [4.78, 5) is 6.90. The Labute approximate surface area is 229 Å². The predicted octanol–water partition coefficient (Wildman–Crippen LogP) is 6.03. The van der Waals surface area contributed by atoms with Gasteiger partial charge in [0, 0.05) is 37.1 Å². The number of nitrogens with zero attached hydrogens (tertiary/aromatic N) is 2. The molecule has 6 rings (SSSR count). The van der Waals surface area contributed by atoms with Crippen LogP contribution < -0.4 is 14.8 Å². The minimum Gasteiger partial charge on any atom is -0.497 e. The molecule has 0 aliphatic carbocycles. The normalized spacial score (nSPS) is 16.8. The maximum atomic E-state index is 10.7. The SMILES string of the molecule is COc1ccc(NC2C=Nc3ccc(-c4cccc(OCC(O)CN5CCc6ccccc6C5)c4)cc32)cc1. The summed E-state index contributed by atoms with van der Waals surface area (Å²) in [6.45, 7) is 2.69. The molecule has 0 saturated carbocycles. The van der Waals surface area contributed by atoms with E-state index in [1.54, 1.807) is 7.11 Å². The molecule has 0 saturated heterocycles. The number of aliphatic imine (C=N–C) groups is 1. The standard InChI is InChI=1S/C33H33N3O3/c1-38-29-12-10-27(11-13-29)35-33-19-34-32-14-9-25(18-31(32)33)24-7-4-8-30(17-24)39-22-28(37)21-36-16-15-23-5-2-3-6-26(23)20-36/h2-14,17-19,28,33,35,37H,15-16,20-22H2,1H3. The van der Waals surface area contributed by atoms with E-state index in [0.29, 0.717) is 6.54 Å². The van der Waals surface area contributed by atoms with Gasteiger partial charge in [-0.15, -0.1) is 0 Å². The van der Waals surface area contributed by atoms with Gasteiger partial charge in [-0.25, -0.2) is 0 Å². The molecular formula is C33H33N3O3. The fourth-order valence-corrected chi connectivity index (χ4v) is 5.34. The van der Waals surface area contributed by atoms with Crippen LogP contribution in [-0.2, 0) is 13.0 Å². The Morgan fingerprint density at radius 3 is 2.59 bits per heavy atom. The average molecular weight is 520 g/mol. The quantitative estimate of drug-likeness (QED) is 0.283. The number of hydrogen-bond acceptors (Lipinski definition) is 6. The van der Waals surface area contributed by atoms with Crippen LogP contribution >= 0.6 is 0 Å². The zero-order valence-electron chi connectivity index (χ0n) is 22.1. The molecular weight excluding hydrogens is 486 g/mol. The first kappa shape index (κ1) is 25.2. The van der Waals surface area contributed by atoms with Crippen molar-refractivity contribution in [2.75, 3.05) is 32.1 Å². The molecule has 6 nitrogen and oxygen atoms in total. The topological polar surface area (TPSA) is 66.3 Å². The Hall–Kier alpha value is -4.13. The van der Waals surface area contributed by atoms with Gasteiger partial charge in [0.1, 0.15) is 24.2 Å². The molecule has 0 fully saturated rings. The van der Waals surface area contributed by atoms with Crippen LogP contribution in [0.3, 0.4) is 0 Å². The van der Waals surface area contributed by atoms with Crippen molar-refractivity contribution in [3.05, 3.63) is 108 Å². The first-order chi connectivity index (χ1) is 19.1. The molecule has 39 heavy (non-hydrogen) atoms. The smallest absolute Gasteiger partial charge is 0.120 e. The molecule has 4 aromatic carbocycles. The largest absolute Gasteiger partial charge is 0.497 e. The zero-order valence-corrected chi connectivity index (χ0v) is 22.1. The van der Waals surface area contributed by atoms with Gasteiger partial charge in [-0.2, -0.15) is 0 Å². The summed E-state index contributed by atoms with van der Waals surface area (Å²) >= 11 is 0. The second kappa shape index (κ2) is 11.3. The first-order valence-corrected chi connectivity index (χ1v) is 13.4. The number of hydrogen-bond donors (Lipinski definition) is 2. The highest BCUT2D eigenvalue weighted by Gasteiger charge is 2.21. The molecule has 0 amide bonds. The number of aliphatic hydroxyl groups is 1. The van der Waals surface area contributed by atoms with E-state index in [4.69, 9.17) is 9.47 Å². The van der Waals surface area contributed by atoms with Gasteiger partial charge in [0.05, 0.1) is 18.8 Å². The molecule has 2 heterocycles. The monoisotopic (exact) mass is 519 g/mol. The van der Waals surface area contributed by atoms with Gasteiger partial charge >= 0.3 is 0 Å². The number of nitrogens with one attached hydrogen (secondary N) is 1. The number of benzene rings is 4. The van der Waals surface area contributed by atoms with E-state index in [0.717, 1.165) is 59.1 Å². The Kier molecular flexibility index (Phi) is 7.30. The van der Waals surface area contributed by atoms with E-state index in [1.807, 2.05) is 48.7 Å². The number of anilines is 1. The lowest BCUT2D eigenvalue weighted by molar-refractivity contribution is 0.0638. The molecule has 2 unspecified atom stereocenters. The first-order valence-electron chi connectivity index (χ1n) is 13.4. The minimum absolute atomic E-state index is 0.00956. The van der Waals surface area contributed by atoms with Crippen LogP contribution in [0.4, 0.5) is 11.4 Å². The summed E-state index contributed by atoms with van der Waals surface area (Å²) in [5.74, 6) is 1.58. The van der Waals surface area contributed by atoms with Gasteiger partial charge in [0.15, 0.2) is 0 Å². The van der Waals surface area contributed by atoms with Gasteiger partial charge in [-0.05, 0) is 77.2 Å². The van der Waals surface area contributed by atoms with Crippen LogP contribution in [0.15, 0.2) is 96.0 Å². The lowest BCUT2D eigenvalue weighted by Gasteiger charge is -2.30. The van der Waals surface area contributed by atoms with Gasteiger partial charge in [0.2, 0.25) is 0 Å². The molecule has 198 valence electrons. The summed E-state index contributed by atoms with van der Waals surface area (Å²) in [5.41, 5.74) is 8.04. The molecule has 2 aliphatic heterocycles. The molecule has 0 bridgehead atoms. The van der Waals surface area contributed by atoms with Crippen molar-refractivity contribution in [1.29, 1.82) is 0 Å². The molecule has 2 N–H and O–H groups in total. The van der Waals surface area contributed by atoms with E-state index >= 15 is 0 Å². The summed E-state index contributed by atoms with van der Waals surface area (Å²) in [6, 6.07) is 30.8. The summed E-state index contributed by atoms with van der Waals surface area (Å²) < 4.78 is 11.3. The lowest BCUT2D eigenvalue weighted by Crippen LogP contribution is -2.38. The van der Waals surface area contributed by atoms with Crippen molar-refractivity contribution < 1.29 is 14.6 Å². The van der Waals surface area contributed by atoms with E-state index in [-0.39, 0.29) is 12.6 Å². The van der Waals surface area contributed by atoms with Gasteiger partial charge in [-0.3, -0.25) is 9.89 Å². The van der Waals surface area contributed by atoms with Crippen molar-refractivity contribution in [3.8, 4) is 22.6 Å². The third kappa shape index (κ3) is 5.82. The fourth-order valence-electron chi connectivity index (χ4n) is 5.34. The van der Waals surface area contributed by atoms with E-state index in [2.05, 4.69) is 63.7 Å². The third-order valence-corrected chi connectivity index (χ3v) is 7.43. The van der Waals surface area contributed by atoms with Crippen molar-refractivity contribution >= 4 is 17.6 Å². The fraction of sp³-hybridized carbons (Fsp3) is 0.242. The highest BCUT2D eigenvalue weighted by molar-refractivity contribution is 5.85. The van der Waals surface area contributed by atoms with Crippen molar-refractivity contribution in [3.63, 3.8) is 0 Å². The van der Waals surface area contributed by atoms with Crippen molar-refractivity contribution in [2.45, 2.75) is 25.1 Å². The molecule has 6 heteroatoms. The zero-order chi connectivity index (χ0) is 26.6. The van der Waals surface area contributed by atoms with Crippen LogP contribution in [0.2, 0.25) is 0 Å². The number of β-amino-alcohol motifs (C(OH)–C–C–N with tert-alkyl or cyclic N) is 1. The third-order valence-electron chi connectivity index (χ3n) is 7.43. The summed E-state index contributed by atoms with van der Waals surface area (Å²) in [7, 11) is 1.67. The number of methoxy groups -OCH3 is 1. The van der Waals surface area contributed by atoms with Gasteiger partial charge in [0.25, 0.3) is 0 Å². The second-order valence-electron chi connectivity index (χ2n) is 10.1. The lowest BCUT2D eigenvalue weighted by atomic mass is 9.99. The van der Waals surface area contributed by atoms with Crippen LogP contribution in [0.5, 0.6) is 11.5 Å². The van der Waals surface area contributed by atoms with E-state index in [9.17, 15) is 5.11 Å². The molecule has 4 aromatic rings. The van der Waals surface area contributed by atoms with Crippen LogP contribution in [-0.4, -0.2) is 49.1 Å². The molecule has 0 spiro atoms. The van der Waals surface area contributed by atoms with Crippen LogP contribution in [0, 0.1) is 0 Å². The van der Waals surface area contributed by atoms with Gasteiger partial charge < -0.3 is 19.9 Å².